The van der Waals surface area contributed by atoms with E-state index < -0.39 is 0 Å². The predicted molar refractivity (Wildman–Crippen MR) is 88.1 cm³/mol. The Morgan fingerprint density at radius 3 is 2.68 bits per heavy atom. The molecule has 1 aromatic rings. The number of ether oxygens (including phenoxy) is 2. The minimum atomic E-state index is -0.0618. The number of benzene rings is 1. The molecule has 0 bridgehead atoms. The summed E-state index contributed by atoms with van der Waals surface area (Å²) in [5, 5.41) is 3.31. The Bertz CT molecular complexity index is 536. The SMILES string of the molecule is COc1cc(OC)c(NC(=O)CN2CCCC[C@H]2C)cc1Cl. The van der Waals surface area contributed by atoms with Crippen molar-refractivity contribution in [3.63, 3.8) is 0 Å². The van der Waals surface area contributed by atoms with E-state index in [1.165, 1.54) is 13.5 Å². The molecule has 1 N–H and O–H groups in total. The van der Waals surface area contributed by atoms with Crippen molar-refractivity contribution in [1.29, 1.82) is 0 Å². The lowest BCUT2D eigenvalue weighted by Gasteiger charge is -2.32. The van der Waals surface area contributed by atoms with Crippen LogP contribution in [0.5, 0.6) is 11.5 Å². The highest BCUT2D eigenvalue weighted by molar-refractivity contribution is 6.32. The van der Waals surface area contributed by atoms with E-state index in [0.29, 0.717) is 34.8 Å². The van der Waals surface area contributed by atoms with Crippen LogP contribution in [0.1, 0.15) is 26.2 Å². The molecule has 6 heteroatoms. The summed E-state index contributed by atoms with van der Waals surface area (Å²) in [4.78, 5) is 14.5. The molecule has 0 radical (unpaired) electrons. The van der Waals surface area contributed by atoms with E-state index in [4.69, 9.17) is 21.1 Å². The van der Waals surface area contributed by atoms with Gasteiger partial charge in [-0.2, -0.15) is 0 Å². The second-order valence-corrected chi connectivity index (χ2v) is 5.96. The third-order valence-corrected chi connectivity index (χ3v) is 4.33. The number of likely N-dealkylation sites (tertiary alicyclic amines) is 1. The van der Waals surface area contributed by atoms with Crippen molar-refractivity contribution in [2.24, 2.45) is 0 Å². The standard InChI is InChI=1S/C16H23ClN2O3/c1-11-6-4-5-7-19(11)10-16(20)18-13-8-12(17)14(21-2)9-15(13)22-3/h8-9,11H,4-7,10H2,1-3H3,(H,18,20)/t11-/m1/s1. The van der Waals surface area contributed by atoms with Crippen LogP contribution in [0.4, 0.5) is 5.69 Å². The normalized spacial score (nSPS) is 18.8. The molecule has 1 heterocycles. The van der Waals surface area contributed by atoms with Gasteiger partial charge in [0, 0.05) is 12.1 Å². The molecule has 5 nitrogen and oxygen atoms in total. The molecule has 1 atom stereocenters. The first-order valence-corrected chi connectivity index (χ1v) is 7.88. The van der Waals surface area contributed by atoms with Gasteiger partial charge in [0.25, 0.3) is 0 Å². The summed E-state index contributed by atoms with van der Waals surface area (Å²) < 4.78 is 10.4. The first-order chi connectivity index (χ1) is 10.5. The van der Waals surface area contributed by atoms with Crippen LogP contribution in [0.3, 0.4) is 0 Å². The lowest BCUT2D eigenvalue weighted by Crippen LogP contribution is -2.42. The molecular weight excluding hydrogens is 304 g/mol. The fourth-order valence-electron chi connectivity index (χ4n) is 2.72. The van der Waals surface area contributed by atoms with Crippen molar-refractivity contribution >= 4 is 23.2 Å². The number of halogens is 1. The summed E-state index contributed by atoms with van der Waals surface area (Å²) in [7, 11) is 3.09. The lowest BCUT2D eigenvalue weighted by atomic mass is 10.0. The molecule has 2 rings (SSSR count). The van der Waals surface area contributed by atoms with Crippen molar-refractivity contribution in [3.8, 4) is 11.5 Å². The average molecular weight is 327 g/mol. The number of carbonyl (C=O) groups excluding carboxylic acids is 1. The molecule has 22 heavy (non-hydrogen) atoms. The van der Waals surface area contributed by atoms with Crippen LogP contribution in [0.25, 0.3) is 0 Å². The topological polar surface area (TPSA) is 50.8 Å². The van der Waals surface area contributed by atoms with E-state index in [1.54, 1.807) is 19.2 Å². The number of anilines is 1. The van der Waals surface area contributed by atoms with Gasteiger partial charge in [0.05, 0.1) is 31.5 Å². The lowest BCUT2D eigenvalue weighted by molar-refractivity contribution is -0.118. The predicted octanol–water partition coefficient (Wildman–Crippen LogP) is 3.17. The number of carbonyl (C=O) groups is 1. The Morgan fingerprint density at radius 2 is 2.05 bits per heavy atom. The summed E-state index contributed by atoms with van der Waals surface area (Å²) in [6, 6.07) is 3.76. The quantitative estimate of drug-likeness (QED) is 0.903. The van der Waals surface area contributed by atoms with Gasteiger partial charge in [0.15, 0.2) is 0 Å². The average Bonchev–Trinajstić information content (AvgIpc) is 2.50. The minimum Gasteiger partial charge on any atom is -0.495 e. The van der Waals surface area contributed by atoms with Crippen molar-refractivity contribution < 1.29 is 14.3 Å². The van der Waals surface area contributed by atoms with Crippen molar-refractivity contribution in [2.75, 3.05) is 32.6 Å². The highest BCUT2D eigenvalue weighted by Crippen LogP contribution is 2.35. The molecule has 1 aromatic carbocycles. The Kier molecular flexibility index (Phi) is 5.91. The zero-order valence-corrected chi connectivity index (χ0v) is 14.1. The number of methoxy groups -OCH3 is 2. The van der Waals surface area contributed by atoms with Gasteiger partial charge in [-0.15, -0.1) is 0 Å². The Labute approximate surface area is 136 Å². The van der Waals surface area contributed by atoms with E-state index in [9.17, 15) is 4.79 Å². The van der Waals surface area contributed by atoms with Crippen LogP contribution in [0.2, 0.25) is 5.02 Å². The molecule has 1 aliphatic rings. The summed E-state index contributed by atoms with van der Waals surface area (Å²) >= 11 is 6.11. The fourth-order valence-corrected chi connectivity index (χ4v) is 2.97. The molecule has 1 saturated heterocycles. The second-order valence-electron chi connectivity index (χ2n) is 5.55. The fraction of sp³-hybridized carbons (Fsp3) is 0.562. The molecule has 0 aliphatic carbocycles. The van der Waals surface area contributed by atoms with Crippen LogP contribution < -0.4 is 14.8 Å². The molecule has 1 aliphatic heterocycles. The summed E-state index contributed by atoms with van der Waals surface area (Å²) in [5.41, 5.74) is 0.558. The van der Waals surface area contributed by atoms with Crippen LogP contribution in [0.15, 0.2) is 12.1 Å². The van der Waals surface area contributed by atoms with Crippen LogP contribution in [0, 0.1) is 0 Å². The molecule has 1 fully saturated rings. The van der Waals surface area contributed by atoms with Gasteiger partial charge in [-0.25, -0.2) is 0 Å². The highest BCUT2D eigenvalue weighted by atomic mass is 35.5. The number of hydrogen-bond acceptors (Lipinski definition) is 4. The third kappa shape index (κ3) is 4.05. The summed E-state index contributed by atoms with van der Waals surface area (Å²) in [6.07, 6.45) is 3.53. The number of piperidine rings is 1. The molecule has 122 valence electrons. The van der Waals surface area contributed by atoms with Gasteiger partial charge in [-0.05, 0) is 32.4 Å². The maximum absolute atomic E-state index is 12.3. The van der Waals surface area contributed by atoms with Gasteiger partial charge < -0.3 is 14.8 Å². The molecule has 0 spiro atoms. The minimum absolute atomic E-state index is 0.0618. The van der Waals surface area contributed by atoms with Crippen LogP contribution in [-0.4, -0.2) is 44.2 Å². The number of hydrogen-bond donors (Lipinski definition) is 1. The molecule has 0 saturated carbocycles. The Morgan fingerprint density at radius 1 is 1.32 bits per heavy atom. The van der Waals surface area contributed by atoms with Crippen molar-refractivity contribution in [2.45, 2.75) is 32.2 Å². The third-order valence-electron chi connectivity index (χ3n) is 4.04. The van der Waals surface area contributed by atoms with Gasteiger partial charge in [-0.1, -0.05) is 18.0 Å². The number of nitrogens with zero attached hydrogens (tertiary/aromatic N) is 1. The molecule has 0 unspecified atom stereocenters. The van der Waals surface area contributed by atoms with Crippen LogP contribution in [-0.2, 0) is 4.79 Å². The van der Waals surface area contributed by atoms with Crippen molar-refractivity contribution in [1.82, 2.24) is 4.90 Å². The van der Waals surface area contributed by atoms with Gasteiger partial charge in [0.1, 0.15) is 11.5 Å². The summed E-state index contributed by atoms with van der Waals surface area (Å²) in [5.74, 6) is 0.982. The van der Waals surface area contributed by atoms with E-state index >= 15 is 0 Å². The maximum Gasteiger partial charge on any atom is 0.238 e. The van der Waals surface area contributed by atoms with Gasteiger partial charge >= 0.3 is 0 Å². The zero-order valence-electron chi connectivity index (χ0n) is 13.3. The number of rotatable bonds is 5. The van der Waals surface area contributed by atoms with E-state index in [1.807, 2.05) is 0 Å². The first-order valence-electron chi connectivity index (χ1n) is 7.50. The Hall–Kier alpha value is -1.46. The van der Waals surface area contributed by atoms with E-state index in [2.05, 4.69) is 17.1 Å². The number of amides is 1. The van der Waals surface area contributed by atoms with E-state index in [-0.39, 0.29) is 5.91 Å². The second kappa shape index (κ2) is 7.70. The summed E-state index contributed by atoms with van der Waals surface area (Å²) in [6.45, 7) is 3.51. The maximum atomic E-state index is 12.3. The molecule has 0 aromatic heterocycles. The highest BCUT2D eigenvalue weighted by Gasteiger charge is 2.21. The largest absolute Gasteiger partial charge is 0.495 e. The monoisotopic (exact) mass is 326 g/mol. The Balaban J connectivity index is 2.06. The van der Waals surface area contributed by atoms with Crippen molar-refractivity contribution in [3.05, 3.63) is 17.2 Å². The molecule has 1 amide bonds. The van der Waals surface area contributed by atoms with Gasteiger partial charge in [0.2, 0.25) is 5.91 Å². The molecular formula is C16H23ClN2O3. The van der Waals surface area contributed by atoms with Crippen LogP contribution >= 0.6 is 11.6 Å². The smallest absolute Gasteiger partial charge is 0.238 e. The van der Waals surface area contributed by atoms with Gasteiger partial charge in [-0.3, -0.25) is 9.69 Å². The number of nitrogens with one attached hydrogen (secondary N) is 1. The zero-order chi connectivity index (χ0) is 16.1. The first kappa shape index (κ1) is 16.9. The van der Waals surface area contributed by atoms with E-state index in [0.717, 1.165) is 19.4 Å².